The van der Waals surface area contributed by atoms with Crippen LogP contribution in [-0.2, 0) is 11.2 Å². The predicted octanol–water partition coefficient (Wildman–Crippen LogP) is 4.08. The normalized spacial score (nSPS) is 10.7. The molecule has 5 nitrogen and oxygen atoms in total. The maximum Gasteiger partial charge on any atom is 0.220 e. The minimum Gasteiger partial charge on any atom is -0.356 e. The van der Waals surface area contributed by atoms with Crippen molar-refractivity contribution in [3.05, 3.63) is 64.4 Å². The highest BCUT2D eigenvalue weighted by atomic mass is 32.1. The summed E-state index contributed by atoms with van der Waals surface area (Å²) in [5, 5.41) is 4.90. The van der Waals surface area contributed by atoms with Crippen molar-refractivity contribution in [2.24, 2.45) is 0 Å². The lowest BCUT2D eigenvalue weighted by Gasteiger charge is -2.06. The van der Waals surface area contributed by atoms with Gasteiger partial charge in [0.1, 0.15) is 5.69 Å². The van der Waals surface area contributed by atoms with Crippen molar-refractivity contribution in [3.8, 4) is 10.6 Å². The topological polar surface area (TPSA) is 74.8 Å². The molecule has 0 radical (unpaired) electrons. The lowest BCUT2D eigenvalue weighted by atomic mass is 10.0. The van der Waals surface area contributed by atoms with Crippen molar-refractivity contribution in [1.29, 1.82) is 0 Å². The van der Waals surface area contributed by atoms with E-state index in [1.807, 2.05) is 49.6 Å². The van der Waals surface area contributed by atoms with Crippen molar-refractivity contribution in [2.45, 2.75) is 33.1 Å². The summed E-state index contributed by atoms with van der Waals surface area (Å²) in [5.41, 5.74) is 4.86. The van der Waals surface area contributed by atoms with E-state index in [1.54, 1.807) is 17.7 Å². The van der Waals surface area contributed by atoms with Crippen LogP contribution in [0.4, 0.5) is 0 Å². The van der Waals surface area contributed by atoms with Gasteiger partial charge in [-0.1, -0.05) is 18.2 Å². The minimum absolute atomic E-state index is 0.00167. The Balaban J connectivity index is 1.44. The van der Waals surface area contributed by atoms with Gasteiger partial charge in [-0.15, -0.1) is 11.3 Å². The average Bonchev–Trinajstić information content (AvgIpc) is 3.33. The molecule has 27 heavy (non-hydrogen) atoms. The van der Waals surface area contributed by atoms with Gasteiger partial charge in [0.2, 0.25) is 5.91 Å². The Bertz CT molecular complexity index is 929. The zero-order valence-corrected chi connectivity index (χ0v) is 16.4. The van der Waals surface area contributed by atoms with E-state index >= 15 is 0 Å². The van der Waals surface area contributed by atoms with Crippen LogP contribution >= 0.6 is 11.3 Å². The van der Waals surface area contributed by atoms with Gasteiger partial charge in [-0.25, -0.2) is 4.98 Å². The summed E-state index contributed by atoms with van der Waals surface area (Å²) in [6, 6.07) is 9.68. The summed E-state index contributed by atoms with van der Waals surface area (Å²) < 4.78 is 0. The molecule has 2 N–H and O–H groups in total. The Morgan fingerprint density at radius 1 is 1.15 bits per heavy atom. The van der Waals surface area contributed by atoms with E-state index in [1.165, 1.54) is 0 Å². The number of hydrogen-bond acceptors (Lipinski definition) is 4. The van der Waals surface area contributed by atoms with Crippen LogP contribution in [0.15, 0.2) is 42.0 Å². The lowest BCUT2D eigenvalue weighted by Crippen LogP contribution is -2.26. The number of carbonyl (C=O) groups is 2. The Morgan fingerprint density at radius 2 is 2.00 bits per heavy atom. The summed E-state index contributed by atoms with van der Waals surface area (Å²) in [6.07, 6.45) is 2.77. The van der Waals surface area contributed by atoms with Gasteiger partial charge in [0.15, 0.2) is 5.78 Å². The summed E-state index contributed by atoms with van der Waals surface area (Å²) in [5.74, 6) is -0.105. The molecule has 0 fully saturated rings. The minimum atomic E-state index is -0.107. The number of imidazole rings is 1. The smallest absolute Gasteiger partial charge is 0.220 e. The molecule has 0 spiro atoms. The van der Waals surface area contributed by atoms with E-state index in [4.69, 9.17) is 0 Å². The first-order valence-corrected chi connectivity index (χ1v) is 9.86. The molecule has 0 aliphatic carbocycles. The number of aromatic amines is 1. The van der Waals surface area contributed by atoms with Crippen molar-refractivity contribution in [2.75, 3.05) is 6.54 Å². The third kappa shape index (κ3) is 4.92. The van der Waals surface area contributed by atoms with Gasteiger partial charge in [-0.2, -0.15) is 0 Å². The van der Waals surface area contributed by atoms with E-state index in [0.29, 0.717) is 18.5 Å². The maximum atomic E-state index is 12.3. The highest BCUT2D eigenvalue weighted by molar-refractivity contribution is 7.13. The fourth-order valence-electron chi connectivity index (χ4n) is 2.84. The van der Waals surface area contributed by atoms with Crippen LogP contribution in [-0.4, -0.2) is 28.2 Å². The summed E-state index contributed by atoms with van der Waals surface area (Å²) in [6.45, 7) is 4.51. The molecule has 2 heterocycles. The molecule has 3 rings (SSSR count). The second-order valence-corrected chi connectivity index (χ2v) is 7.48. The molecular formula is C21H23N3O2S. The van der Waals surface area contributed by atoms with Gasteiger partial charge >= 0.3 is 0 Å². The number of carbonyl (C=O) groups excluding carboxylic acids is 2. The molecule has 140 valence electrons. The first kappa shape index (κ1) is 19.0. The van der Waals surface area contributed by atoms with E-state index in [2.05, 4.69) is 15.3 Å². The van der Waals surface area contributed by atoms with Gasteiger partial charge in [0.25, 0.3) is 0 Å². The second kappa shape index (κ2) is 8.77. The first-order valence-electron chi connectivity index (χ1n) is 8.98. The molecule has 6 heteroatoms. The second-order valence-electron chi connectivity index (χ2n) is 6.53. The molecular weight excluding hydrogens is 358 g/mol. The van der Waals surface area contributed by atoms with Crippen LogP contribution in [0.2, 0.25) is 0 Å². The van der Waals surface area contributed by atoms with Crippen LogP contribution in [0, 0.1) is 13.8 Å². The fourth-order valence-corrected chi connectivity index (χ4v) is 3.59. The molecule has 0 aliphatic heterocycles. The van der Waals surface area contributed by atoms with Crippen LogP contribution < -0.4 is 5.32 Å². The van der Waals surface area contributed by atoms with E-state index in [9.17, 15) is 9.59 Å². The number of Topliss-reactive ketones (excluding diaryl/α,β-unsaturated/α-hetero) is 1. The lowest BCUT2D eigenvalue weighted by molar-refractivity contribution is -0.121. The Morgan fingerprint density at radius 3 is 2.74 bits per heavy atom. The number of hydrogen-bond donors (Lipinski definition) is 2. The standard InChI is InChI=1S/C21H23N3O2S/c1-14-5-6-16(12-15(14)2)18(25)7-8-20(26)22-10-9-17-21(24-13-23-17)19-4-3-11-27-19/h3-6,11-13H,7-10H2,1-2H3,(H,22,26)(H,23,24). The number of rotatable bonds is 8. The average molecular weight is 382 g/mol. The van der Waals surface area contributed by atoms with Crippen LogP contribution in [0.5, 0.6) is 0 Å². The quantitative estimate of drug-likeness (QED) is 0.578. The van der Waals surface area contributed by atoms with Crippen molar-refractivity contribution < 1.29 is 9.59 Å². The Labute approximate surface area is 162 Å². The number of H-pyrrole nitrogens is 1. The molecule has 0 atom stereocenters. The Kier molecular flexibility index (Phi) is 6.19. The number of amides is 1. The molecule has 3 aromatic rings. The van der Waals surface area contributed by atoms with E-state index < -0.39 is 0 Å². The maximum absolute atomic E-state index is 12.3. The van der Waals surface area contributed by atoms with Gasteiger partial charge < -0.3 is 10.3 Å². The predicted molar refractivity (Wildman–Crippen MR) is 108 cm³/mol. The SMILES string of the molecule is Cc1ccc(C(=O)CCC(=O)NCCc2[nH]cnc2-c2cccs2)cc1C. The summed E-state index contributed by atoms with van der Waals surface area (Å²) >= 11 is 1.64. The summed E-state index contributed by atoms with van der Waals surface area (Å²) in [7, 11) is 0. The third-order valence-corrected chi connectivity index (χ3v) is 5.45. The number of ketones is 1. The Hall–Kier alpha value is -2.73. The summed E-state index contributed by atoms with van der Waals surface area (Å²) in [4.78, 5) is 32.9. The molecule has 1 amide bonds. The number of thiophene rings is 1. The number of benzene rings is 1. The third-order valence-electron chi connectivity index (χ3n) is 4.58. The first-order chi connectivity index (χ1) is 13.0. The van der Waals surface area contributed by atoms with Crippen molar-refractivity contribution in [1.82, 2.24) is 15.3 Å². The zero-order valence-electron chi connectivity index (χ0n) is 15.5. The number of nitrogens with one attached hydrogen (secondary N) is 2. The van der Waals surface area contributed by atoms with Crippen LogP contribution in [0.25, 0.3) is 10.6 Å². The molecule has 0 unspecified atom stereocenters. The van der Waals surface area contributed by atoms with Crippen molar-refractivity contribution >= 4 is 23.0 Å². The molecule has 2 aromatic heterocycles. The van der Waals surface area contributed by atoms with Crippen molar-refractivity contribution in [3.63, 3.8) is 0 Å². The highest BCUT2D eigenvalue weighted by Crippen LogP contribution is 2.25. The number of nitrogens with zero attached hydrogens (tertiary/aromatic N) is 1. The molecule has 0 aliphatic rings. The number of aromatic nitrogens is 2. The van der Waals surface area contributed by atoms with E-state index in [0.717, 1.165) is 27.4 Å². The molecule has 0 bridgehead atoms. The molecule has 0 saturated heterocycles. The van der Waals surface area contributed by atoms with E-state index in [-0.39, 0.29) is 24.5 Å². The number of aryl methyl sites for hydroxylation is 2. The van der Waals surface area contributed by atoms with Crippen LogP contribution in [0.1, 0.15) is 40.0 Å². The fraction of sp³-hybridized carbons (Fsp3) is 0.286. The van der Waals surface area contributed by atoms with Gasteiger partial charge in [0.05, 0.1) is 11.2 Å². The van der Waals surface area contributed by atoms with Crippen LogP contribution in [0.3, 0.4) is 0 Å². The zero-order chi connectivity index (χ0) is 19.2. The molecule has 1 aromatic carbocycles. The highest BCUT2D eigenvalue weighted by Gasteiger charge is 2.12. The monoisotopic (exact) mass is 381 g/mol. The van der Waals surface area contributed by atoms with Gasteiger partial charge in [-0.05, 0) is 42.5 Å². The molecule has 0 saturated carbocycles. The van der Waals surface area contributed by atoms with Gasteiger partial charge in [0, 0.05) is 37.1 Å². The van der Waals surface area contributed by atoms with Gasteiger partial charge in [-0.3, -0.25) is 9.59 Å². The largest absolute Gasteiger partial charge is 0.356 e.